The number of rotatable bonds is 4. The van der Waals surface area contributed by atoms with E-state index in [-0.39, 0.29) is 11.7 Å². The lowest BCUT2D eigenvalue weighted by molar-refractivity contribution is -0.141. The number of aryl methyl sites for hydroxylation is 1. The van der Waals surface area contributed by atoms with Crippen LogP contribution in [0.3, 0.4) is 0 Å². The number of halogens is 3. The number of anilines is 1. The normalized spacial score (nSPS) is 15.8. The summed E-state index contributed by atoms with van der Waals surface area (Å²) < 4.78 is 37.6. The van der Waals surface area contributed by atoms with E-state index in [2.05, 4.69) is 32.5 Å². The molecule has 0 radical (unpaired) electrons. The lowest BCUT2D eigenvalue weighted by atomic mass is 10.3. The van der Waals surface area contributed by atoms with Crippen LogP contribution in [0.5, 0.6) is 0 Å². The van der Waals surface area contributed by atoms with Crippen molar-refractivity contribution in [3.63, 3.8) is 0 Å². The van der Waals surface area contributed by atoms with Gasteiger partial charge in [-0.15, -0.1) is 11.3 Å². The molecule has 10 heteroatoms. The zero-order valence-electron chi connectivity index (χ0n) is 14.8. The highest BCUT2D eigenvalue weighted by atomic mass is 32.1. The molecule has 2 amide bonds. The van der Waals surface area contributed by atoms with Gasteiger partial charge in [0.1, 0.15) is 5.69 Å². The van der Waals surface area contributed by atoms with Crippen molar-refractivity contribution >= 4 is 23.1 Å². The van der Waals surface area contributed by atoms with Gasteiger partial charge in [0.15, 0.2) is 0 Å². The number of piperazine rings is 1. The highest BCUT2D eigenvalue weighted by molar-refractivity contribution is 7.09. The van der Waals surface area contributed by atoms with Gasteiger partial charge in [0.25, 0.3) is 0 Å². The van der Waals surface area contributed by atoms with Gasteiger partial charge in [-0.2, -0.15) is 13.2 Å². The van der Waals surface area contributed by atoms with Gasteiger partial charge in [-0.25, -0.2) is 14.8 Å². The number of hydrogen-bond acceptors (Lipinski definition) is 5. The van der Waals surface area contributed by atoms with Crippen LogP contribution in [0.15, 0.2) is 23.7 Å². The second kappa shape index (κ2) is 8.22. The van der Waals surface area contributed by atoms with Crippen LogP contribution in [0.4, 0.5) is 23.7 Å². The van der Waals surface area contributed by atoms with Crippen LogP contribution >= 0.6 is 11.3 Å². The number of nitrogens with zero attached hydrogens (tertiary/aromatic N) is 4. The summed E-state index contributed by atoms with van der Waals surface area (Å²) in [6, 6.07) is 1.72. The molecular weight excluding hydrogens is 379 g/mol. The monoisotopic (exact) mass is 399 g/mol. The van der Waals surface area contributed by atoms with E-state index in [1.165, 1.54) is 6.07 Å². The first kappa shape index (κ1) is 19.6. The van der Waals surface area contributed by atoms with Gasteiger partial charge in [0.2, 0.25) is 0 Å². The molecule has 1 aliphatic rings. The summed E-state index contributed by atoms with van der Waals surface area (Å²) in [7, 11) is 0. The Balaban J connectivity index is 1.48. The van der Waals surface area contributed by atoms with Crippen molar-refractivity contribution in [1.82, 2.24) is 19.8 Å². The Morgan fingerprint density at radius 1 is 1.26 bits per heavy atom. The van der Waals surface area contributed by atoms with Crippen LogP contribution in [0.1, 0.15) is 23.3 Å². The first-order valence-electron chi connectivity index (χ1n) is 8.60. The van der Waals surface area contributed by atoms with Crippen molar-refractivity contribution in [1.29, 1.82) is 0 Å². The Kier molecular flexibility index (Phi) is 5.95. The molecule has 1 fully saturated rings. The third kappa shape index (κ3) is 5.16. The fourth-order valence-electron chi connectivity index (χ4n) is 2.76. The smallest absolute Gasteiger partial charge is 0.322 e. The summed E-state index contributed by atoms with van der Waals surface area (Å²) in [5, 5.41) is 5.78. The number of amides is 2. The van der Waals surface area contributed by atoms with Gasteiger partial charge in [0.05, 0.1) is 22.6 Å². The van der Waals surface area contributed by atoms with Crippen LogP contribution in [0, 0.1) is 0 Å². The number of aromatic nitrogens is 2. The highest BCUT2D eigenvalue weighted by Crippen LogP contribution is 2.27. The topological polar surface area (TPSA) is 61.4 Å². The van der Waals surface area contributed by atoms with Crippen molar-refractivity contribution in [2.75, 3.05) is 31.5 Å². The molecule has 1 N–H and O–H groups in total. The zero-order chi connectivity index (χ0) is 19.4. The Morgan fingerprint density at radius 2 is 2.00 bits per heavy atom. The molecule has 6 nitrogen and oxygen atoms in total. The summed E-state index contributed by atoms with van der Waals surface area (Å²) >= 11 is 1.66. The molecule has 2 aromatic heterocycles. The van der Waals surface area contributed by atoms with E-state index in [0.717, 1.165) is 49.0 Å². The molecule has 2 aromatic rings. The second-order valence-electron chi connectivity index (χ2n) is 6.21. The van der Waals surface area contributed by atoms with E-state index in [1.807, 2.05) is 0 Å². The number of pyridine rings is 1. The number of carbonyl (C=O) groups is 1. The average Bonchev–Trinajstić information content (AvgIpc) is 3.09. The van der Waals surface area contributed by atoms with E-state index in [1.54, 1.807) is 16.2 Å². The van der Waals surface area contributed by atoms with Crippen molar-refractivity contribution < 1.29 is 18.0 Å². The van der Waals surface area contributed by atoms with Gasteiger partial charge in [-0.1, -0.05) is 6.92 Å². The largest absolute Gasteiger partial charge is 0.433 e. The number of urea groups is 1. The molecule has 146 valence electrons. The Bertz CT molecular complexity index is 770. The van der Waals surface area contributed by atoms with E-state index < -0.39 is 11.9 Å². The molecule has 0 aromatic carbocycles. The molecule has 0 saturated carbocycles. The lowest BCUT2D eigenvalue weighted by Gasteiger charge is -2.34. The molecule has 1 saturated heterocycles. The minimum absolute atomic E-state index is 0.241. The molecule has 0 spiro atoms. The Hall–Kier alpha value is -2.20. The molecule has 3 rings (SSSR count). The van der Waals surface area contributed by atoms with Crippen molar-refractivity contribution in [3.05, 3.63) is 40.1 Å². The molecule has 0 unspecified atom stereocenters. The fraction of sp³-hybridized carbons (Fsp3) is 0.471. The number of carbonyl (C=O) groups excluding carboxylic acids is 1. The van der Waals surface area contributed by atoms with E-state index >= 15 is 0 Å². The standard InChI is InChI=1S/C17H20F3N5OS/c1-2-15-22-13(11-27-15)10-24-5-7-25(8-6-24)16(26)23-12-3-4-14(21-9-12)17(18,19)20/h3-4,9,11H,2,5-8,10H2,1H3,(H,23,26). The van der Waals surface area contributed by atoms with Crippen molar-refractivity contribution in [3.8, 4) is 0 Å². The molecule has 0 aliphatic carbocycles. The second-order valence-corrected chi connectivity index (χ2v) is 7.15. The van der Waals surface area contributed by atoms with Crippen LogP contribution in [-0.2, 0) is 19.1 Å². The fourth-order valence-corrected chi connectivity index (χ4v) is 3.50. The van der Waals surface area contributed by atoms with Crippen LogP contribution in [0.2, 0.25) is 0 Å². The summed E-state index contributed by atoms with van der Waals surface area (Å²) in [4.78, 5) is 24.1. The van der Waals surface area contributed by atoms with Crippen molar-refractivity contribution in [2.24, 2.45) is 0 Å². The van der Waals surface area contributed by atoms with Gasteiger partial charge < -0.3 is 10.2 Å². The average molecular weight is 399 g/mol. The number of thiazole rings is 1. The number of hydrogen-bond donors (Lipinski definition) is 1. The van der Waals surface area contributed by atoms with Crippen molar-refractivity contribution in [2.45, 2.75) is 26.1 Å². The minimum atomic E-state index is -4.49. The van der Waals surface area contributed by atoms with E-state index in [4.69, 9.17) is 0 Å². The molecular formula is C17H20F3N5OS. The third-order valence-electron chi connectivity index (χ3n) is 4.25. The zero-order valence-corrected chi connectivity index (χ0v) is 15.6. The minimum Gasteiger partial charge on any atom is -0.322 e. The van der Waals surface area contributed by atoms with E-state index in [9.17, 15) is 18.0 Å². The molecule has 27 heavy (non-hydrogen) atoms. The summed E-state index contributed by atoms with van der Waals surface area (Å²) in [5.74, 6) is 0. The number of nitrogens with one attached hydrogen (secondary N) is 1. The summed E-state index contributed by atoms with van der Waals surface area (Å²) in [5.41, 5.74) is 0.304. The number of alkyl halides is 3. The maximum Gasteiger partial charge on any atom is 0.433 e. The van der Waals surface area contributed by atoms with E-state index in [0.29, 0.717) is 13.1 Å². The Morgan fingerprint density at radius 3 is 2.56 bits per heavy atom. The van der Waals surface area contributed by atoms with Gasteiger partial charge in [-0.05, 0) is 18.6 Å². The summed E-state index contributed by atoms with van der Waals surface area (Å²) in [6.45, 7) is 5.37. The maximum absolute atomic E-state index is 12.5. The van der Waals surface area contributed by atoms with Crippen LogP contribution in [-0.4, -0.2) is 52.0 Å². The third-order valence-corrected chi connectivity index (χ3v) is 5.29. The lowest BCUT2D eigenvalue weighted by Crippen LogP contribution is -2.49. The predicted molar refractivity (Wildman–Crippen MR) is 96.6 cm³/mol. The van der Waals surface area contributed by atoms with Gasteiger partial charge in [0, 0.05) is 38.1 Å². The predicted octanol–water partition coefficient (Wildman–Crippen LogP) is 3.47. The molecule has 0 atom stereocenters. The quantitative estimate of drug-likeness (QED) is 0.855. The van der Waals surface area contributed by atoms with Crippen LogP contribution in [0.25, 0.3) is 0 Å². The molecule has 0 bridgehead atoms. The van der Waals surface area contributed by atoms with Gasteiger partial charge >= 0.3 is 12.2 Å². The van der Waals surface area contributed by atoms with Crippen LogP contribution < -0.4 is 5.32 Å². The summed E-state index contributed by atoms with van der Waals surface area (Å²) in [6.07, 6.45) is -2.55. The first-order chi connectivity index (χ1) is 12.8. The maximum atomic E-state index is 12.5. The molecule has 1 aliphatic heterocycles. The highest BCUT2D eigenvalue weighted by Gasteiger charge is 2.32. The molecule has 3 heterocycles. The Labute approximate surface area is 159 Å². The SMILES string of the molecule is CCc1nc(CN2CCN(C(=O)Nc3ccc(C(F)(F)F)nc3)CC2)cs1. The first-order valence-corrected chi connectivity index (χ1v) is 9.48. The van der Waals surface area contributed by atoms with Gasteiger partial charge in [-0.3, -0.25) is 4.90 Å².